The molecule has 0 saturated carbocycles. The van der Waals surface area contributed by atoms with Crippen LogP contribution < -0.4 is 10.5 Å². The molecule has 3 rings (SSSR count). The zero-order chi connectivity index (χ0) is 23.5. The average molecular weight is 439 g/mol. The van der Waals surface area contributed by atoms with Crippen molar-refractivity contribution in [1.82, 2.24) is 4.90 Å². The number of hydrogen-bond acceptors (Lipinski definition) is 5. The first-order valence-corrected chi connectivity index (χ1v) is 11.1. The Labute approximate surface area is 190 Å². The second-order valence-electron chi connectivity index (χ2n) is 9.54. The van der Waals surface area contributed by atoms with Crippen LogP contribution in [0.15, 0.2) is 36.4 Å². The molecule has 172 valence electrons. The maximum atomic E-state index is 12.9. The van der Waals surface area contributed by atoms with Gasteiger partial charge in [0.25, 0.3) is 0 Å². The maximum absolute atomic E-state index is 12.9. The topological polar surface area (TPSA) is 81.9 Å². The molecule has 6 nitrogen and oxygen atoms in total. The minimum absolute atomic E-state index is 0.0352. The normalized spacial score (nSPS) is 15.8. The van der Waals surface area contributed by atoms with Crippen molar-refractivity contribution in [3.8, 4) is 5.75 Å². The summed E-state index contributed by atoms with van der Waals surface area (Å²) in [4.78, 5) is 27.2. The Morgan fingerprint density at radius 3 is 2.53 bits per heavy atom. The van der Waals surface area contributed by atoms with Gasteiger partial charge in [0.15, 0.2) is 6.04 Å². The monoisotopic (exact) mass is 438 g/mol. The summed E-state index contributed by atoms with van der Waals surface area (Å²) in [6.07, 6.45) is 1.93. The highest BCUT2D eigenvalue weighted by molar-refractivity contribution is 5.86. The lowest BCUT2D eigenvalue weighted by atomic mass is 9.88. The molecule has 1 aliphatic heterocycles. The quantitative estimate of drug-likeness (QED) is 0.532. The van der Waals surface area contributed by atoms with Crippen LogP contribution in [0, 0.1) is 5.41 Å². The largest absolute Gasteiger partial charge is 0.489 e. The second-order valence-corrected chi connectivity index (χ2v) is 9.54. The molecule has 1 aliphatic rings. The van der Waals surface area contributed by atoms with Gasteiger partial charge in [-0.15, -0.1) is 0 Å². The Kier molecular flexibility index (Phi) is 7.12. The van der Waals surface area contributed by atoms with Crippen molar-refractivity contribution in [2.45, 2.75) is 59.6 Å². The van der Waals surface area contributed by atoms with E-state index < -0.39 is 12.0 Å². The molecule has 32 heavy (non-hydrogen) atoms. The number of hydrogen-bond donors (Lipinski definition) is 1. The highest BCUT2D eigenvalue weighted by Gasteiger charge is 2.37. The van der Waals surface area contributed by atoms with Crippen molar-refractivity contribution >= 4 is 17.6 Å². The summed E-state index contributed by atoms with van der Waals surface area (Å²) in [5.74, 6) is 0.264. The van der Waals surface area contributed by atoms with E-state index in [1.165, 1.54) is 7.11 Å². The summed E-state index contributed by atoms with van der Waals surface area (Å²) in [5.41, 5.74) is 10.6. The van der Waals surface area contributed by atoms with E-state index >= 15 is 0 Å². The first-order chi connectivity index (χ1) is 15.1. The molecule has 1 heterocycles. The van der Waals surface area contributed by atoms with Crippen molar-refractivity contribution in [3.05, 3.63) is 58.7 Å². The molecule has 0 unspecified atom stereocenters. The van der Waals surface area contributed by atoms with Crippen LogP contribution in [0.1, 0.15) is 62.4 Å². The van der Waals surface area contributed by atoms with Gasteiger partial charge < -0.3 is 20.1 Å². The summed E-state index contributed by atoms with van der Waals surface area (Å²) in [7, 11) is 1.36. The Morgan fingerprint density at radius 2 is 1.91 bits per heavy atom. The minimum atomic E-state index is -0.728. The van der Waals surface area contributed by atoms with Gasteiger partial charge in [-0.05, 0) is 58.7 Å². The Bertz CT molecular complexity index is 994. The van der Waals surface area contributed by atoms with Crippen molar-refractivity contribution < 1.29 is 19.1 Å². The first kappa shape index (κ1) is 23.6. The van der Waals surface area contributed by atoms with Gasteiger partial charge in [-0.3, -0.25) is 4.79 Å². The predicted molar refractivity (Wildman–Crippen MR) is 125 cm³/mol. The number of nitrogens with two attached hydrogens (primary N) is 1. The number of esters is 1. The van der Waals surface area contributed by atoms with Crippen LogP contribution >= 0.6 is 0 Å². The van der Waals surface area contributed by atoms with E-state index in [1.807, 2.05) is 57.2 Å². The zero-order valence-corrected chi connectivity index (χ0v) is 19.7. The molecule has 0 aromatic heterocycles. The number of anilines is 1. The number of fused-ring (bicyclic) bond motifs is 1. The van der Waals surface area contributed by atoms with E-state index in [0.29, 0.717) is 26.0 Å². The second kappa shape index (κ2) is 9.63. The number of methoxy groups -OCH3 is 1. The molecule has 2 aromatic rings. The number of amides is 1. The van der Waals surface area contributed by atoms with Gasteiger partial charge in [0.2, 0.25) is 5.91 Å². The van der Waals surface area contributed by atoms with Gasteiger partial charge in [0.05, 0.1) is 7.11 Å². The van der Waals surface area contributed by atoms with Gasteiger partial charge >= 0.3 is 5.97 Å². The fourth-order valence-electron chi connectivity index (χ4n) is 4.11. The fourth-order valence-corrected chi connectivity index (χ4v) is 4.11. The van der Waals surface area contributed by atoms with Gasteiger partial charge in [0, 0.05) is 18.7 Å². The number of carbonyl (C=O) groups is 2. The van der Waals surface area contributed by atoms with Crippen LogP contribution in [0.3, 0.4) is 0 Å². The lowest BCUT2D eigenvalue weighted by Gasteiger charge is -2.37. The van der Waals surface area contributed by atoms with Gasteiger partial charge in [-0.1, -0.05) is 45.9 Å². The lowest BCUT2D eigenvalue weighted by molar-refractivity contribution is -0.154. The Morgan fingerprint density at radius 1 is 1.16 bits per heavy atom. The van der Waals surface area contributed by atoms with Crippen LogP contribution in [0.25, 0.3) is 0 Å². The summed E-state index contributed by atoms with van der Waals surface area (Å²) < 4.78 is 11.0. The van der Waals surface area contributed by atoms with E-state index in [1.54, 1.807) is 4.90 Å². The molecular weight excluding hydrogens is 404 g/mol. The van der Waals surface area contributed by atoms with Crippen molar-refractivity contribution in [3.63, 3.8) is 0 Å². The molecule has 0 radical (unpaired) electrons. The third-order valence-corrected chi connectivity index (χ3v) is 5.77. The number of rotatable bonds is 6. The molecule has 0 aliphatic carbocycles. The van der Waals surface area contributed by atoms with Crippen molar-refractivity contribution in [2.24, 2.45) is 5.41 Å². The summed E-state index contributed by atoms with van der Waals surface area (Å²) in [5, 5.41) is 0. The standard InChI is InChI=1S/C26H34N2O4/c1-6-18-8-7-17(13-22(18)27)16-32-20-9-10-21-19(14-20)11-12-28(24(21)25(30)31-5)23(29)15-26(2,3)4/h7-10,13-14,24H,6,11-12,15-16,27H2,1-5H3/t24-/m1/s1. The number of benzene rings is 2. The van der Waals surface area contributed by atoms with E-state index in [0.717, 1.165) is 40.1 Å². The lowest BCUT2D eigenvalue weighted by Crippen LogP contribution is -2.45. The maximum Gasteiger partial charge on any atom is 0.333 e. The SMILES string of the molecule is CCc1ccc(COc2ccc3c(c2)CCN(C(=O)CC(C)(C)C)[C@H]3C(=O)OC)cc1N. The molecule has 0 bridgehead atoms. The molecule has 0 saturated heterocycles. The molecule has 2 N–H and O–H groups in total. The van der Waals surface area contributed by atoms with E-state index in [9.17, 15) is 9.59 Å². The molecular formula is C26H34N2O4. The summed E-state index contributed by atoms with van der Waals surface area (Å²) in [6, 6.07) is 11.0. The van der Waals surface area contributed by atoms with Crippen LogP contribution in [-0.2, 0) is 33.8 Å². The Hall–Kier alpha value is -3.02. The van der Waals surface area contributed by atoms with E-state index in [2.05, 4.69) is 6.92 Å². The highest BCUT2D eigenvalue weighted by atomic mass is 16.5. The van der Waals surface area contributed by atoms with Crippen molar-refractivity contribution in [1.29, 1.82) is 0 Å². The molecule has 0 spiro atoms. The molecule has 1 atom stereocenters. The first-order valence-electron chi connectivity index (χ1n) is 11.1. The number of carbonyl (C=O) groups excluding carboxylic acids is 2. The summed E-state index contributed by atoms with van der Waals surface area (Å²) >= 11 is 0. The van der Waals surface area contributed by atoms with Gasteiger partial charge in [-0.2, -0.15) is 0 Å². The third kappa shape index (κ3) is 5.42. The number of ether oxygens (including phenoxy) is 2. The van der Waals surface area contributed by atoms with E-state index in [4.69, 9.17) is 15.2 Å². The smallest absolute Gasteiger partial charge is 0.333 e. The van der Waals surface area contributed by atoms with Crippen molar-refractivity contribution in [2.75, 3.05) is 19.4 Å². The molecule has 2 aromatic carbocycles. The minimum Gasteiger partial charge on any atom is -0.489 e. The molecule has 6 heteroatoms. The summed E-state index contributed by atoms with van der Waals surface area (Å²) in [6.45, 7) is 9.01. The van der Waals surface area contributed by atoms with Crippen LogP contribution in [-0.4, -0.2) is 30.4 Å². The predicted octanol–water partition coefficient (Wildman–Crippen LogP) is 4.45. The average Bonchev–Trinajstić information content (AvgIpc) is 2.75. The van der Waals surface area contributed by atoms with Crippen LogP contribution in [0.2, 0.25) is 0 Å². The molecule has 0 fully saturated rings. The highest BCUT2D eigenvalue weighted by Crippen LogP contribution is 2.35. The number of nitrogens with zero attached hydrogens (tertiary/aromatic N) is 1. The number of aryl methyl sites for hydroxylation is 1. The van der Waals surface area contributed by atoms with E-state index in [-0.39, 0.29) is 11.3 Å². The molecule has 1 amide bonds. The Balaban J connectivity index is 1.79. The zero-order valence-electron chi connectivity index (χ0n) is 19.7. The fraction of sp³-hybridized carbons (Fsp3) is 0.462. The van der Waals surface area contributed by atoms with Gasteiger partial charge in [0.1, 0.15) is 12.4 Å². The van der Waals surface area contributed by atoms with Crippen LogP contribution in [0.4, 0.5) is 5.69 Å². The van der Waals surface area contributed by atoms with Gasteiger partial charge in [-0.25, -0.2) is 4.79 Å². The third-order valence-electron chi connectivity index (χ3n) is 5.77. The number of nitrogen functional groups attached to an aromatic ring is 1. The van der Waals surface area contributed by atoms with Crippen LogP contribution in [0.5, 0.6) is 5.75 Å².